The van der Waals surface area contributed by atoms with Crippen molar-refractivity contribution in [2.75, 3.05) is 22.5 Å². The van der Waals surface area contributed by atoms with Crippen LogP contribution in [0.1, 0.15) is 25.7 Å². The summed E-state index contributed by atoms with van der Waals surface area (Å²) < 4.78 is 1.71. The molecule has 4 heterocycles. The highest BCUT2D eigenvalue weighted by Crippen LogP contribution is 2.42. The number of hydrogen-bond acceptors (Lipinski definition) is 6. The highest BCUT2D eigenvalue weighted by atomic mass is 32.1. The number of thiophene rings is 1. The van der Waals surface area contributed by atoms with Crippen LogP contribution in [0.15, 0.2) is 85.1 Å². The van der Waals surface area contributed by atoms with E-state index >= 15 is 0 Å². The minimum absolute atomic E-state index is 0.178. The summed E-state index contributed by atoms with van der Waals surface area (Å²) >= 11 is 1.42. The van der Waals surface area contributed by atoms with Gasteiger partial charge in [0.05, 0.1) is 27.6 Å². The van der Waals surface area contributed by atoms with Gasteiger partial charge in [-0.05, 0) is 54.4 Å². The molecule has 2 amide bonds. The van der Waals surface area contributed by atoms with Gasteiger partial charge in [0.2, 0.25) is 0 Å². The second-order valence-electron chi connectivity index (χ2n) is 9.01. The molecule has 0 fully saturated rings. The highest BCUT2D eigenvalue weighted by molar-refractivity contribution is 7.17. The summed E-state index contributed by atoms with van der Waals surface area (Å²) in [5.41, 5.74) is 11.5. The first-order valence-corrected chi connectivity index (χ1v) is 13.0. The minimum Gasteiger partial charge on any atom is -0.397 e. The molecule has 1 aliphatic rings. The van der Waals surface area contributed by atoms with E-state index in [4.69, 9.17) is 5.73 Å². The fourth-order valence-electron chi connectivity index (χ4n) is 4.60. The van der Waals surface area contributed by atoms with Crippen LogP contribution in [0.2, 0.25) is 0 Å². The normalized spacial score (nSPS) is 12.4. The van der Waals surface area contributed by atoms with Gasteiger partial charge in [0, 0.05) is 30.2 Å². The van der Waals surface area contributed by atoms with Crippen molar-refractivity contribution in [3.63, 3.8) is 0 Å². The smallest absolute Gasteiger partial charge is 0.276 e. The summed E-state index contributed by atoms with van der Waals surface area (Å²) in [6.07, 6.45) is 2.45. The molecule has 0 saturated carbocycles. The molecule has 6 rings (SSSR count). The van der Waals surface area contributed by atoms with Crippen LogP contribution in [0.3, 0.4) is 0 Å². The maximum atomic E-state index is 13.8. The number of amides is 2. The average Bonchev–Trinajstić information content (AvgIpc) is 3.53. The van der Waals surface area contributed by atoms with Crippen molar-refractivity contribution in [1.29, 1.82) is 0 Å². The van der Waals surface area contributed by atoms with E-state index in [0.717, 1.165) is 21.7 Å². The molecular weight excluding hydrogens is 496 g/mol. The Bertz CT molecular complexity index is 1690. The van der Waals surface area contributed by atoms with Crippen LogP contribution in [0.5, 0.6) is 0 Å². The first-order chi connectivity index (χ1) is 18.5. The molecule has 5 aromatic rings. The Balaban J connectivity index is 1.32. The lowest BCUT2D eigenvalue weighted by atomic mass is 10.1. The largest absolute Gasteiger partial charge is 0.397 e. The summed E-state index contributed by atoms with van der Waals surface area (Å²) in [4.78, 5) is 34.8. The lowest BCUT2D eigenvalue weighted by Crippen LogP contribution is -2.33. The van der Waals surface area contributed by atoms with E-state index in [0.29, 0.717) is 46.3 Å². The van der Waals surface area contributed by atoms with Gasteiger partial charge in [0.25, 0.3) is 11.8 Å². The van der Waals surface area contributed by atoms with Gasteiger partial charge < -0.3 is 16.0 Å². The minimum atomic E-state index is -0.207. The van der Waals surface area contributed by atoms with Crippen molar-refractivity contribution in [3.05, 3.63) is 101 Å². The number of rotatable bonds is 4. The number of anilines is 3. The van der Waals surface area contributed by atoms with Crippen LogP contribution in [-0.2, 0) is 13.5 Å². The van der Waals surface area contributed by atoms with Crippen LogP contribution in [0.25, 0.3) is 21.8 Å². The van der Waals surface area contributed by atoms with Crippen molar-refractivity contribution < 1.29 is 9.59 Å². The second-order valence-corrected chi connectivity index (χ2v) is 10.1. The molecule has 0 bridgehead atoms. The number of nitrogens with one attached hydrogen (secondary N) is 1. The number of fused-ring (bicyclic) bond motifs is 3. The third-order valence-electron chi connectivity index (χ3n) is 6.48. The average molecular weight is 521 g/mol. The Morgan fingerprint density at radius 1 is 0.974 bits per heavy atom. The molecule has 8 nitrogen and oxygen atoms in total. The van der Waals surface area contributed by atoms with Crippen LogP contribution in [0.4, 0.5) is 17.1 Å². The molecule has 3 aromatic heterocycles. The topological polar surface area (TPSA) is 106 Å². The molecular formula is C29H24N6O2S. The van der Waals surface area contributed by atoms with Crippen molar-refractivity contribution in [3.8, 4) is 21.8 Å². The zero-order valence-corrected chi connectivity index (χ0v) is 21.4. The number of benzene rings is 2. The van der Waals surface area contributed by atoms with Gasteiger partial charge in [-0.15, -0.1) is 11.3 Å². The van der Waals surface area contributed by atoms with Crippen molar-refractivity contribution in [2.24, 2.45) is 7.05 Å². The first kappa shape index (κ1) is 23.6. The van der Waals surface area contributed by atoms with Crippen molar-refractivity contribution in [2.45, 2.75) is 6.42 Å². The maximum absolute atomic E-state index is 13.8. The summed E-state index contributed by atoms with van der Waals surface area (Å²) in [6.45, 7) is 0.460. The van der Waals surface area contributed by atoms with Gasteiger partial charge in [0.15, 0.2) is 0 Å². The third kappa shape index (κ3) is 4.33. The molecule has 38 heavy (non-hydrogen) atoms. The molecule has 2 aromatic carbocycles. The summed E-state index contributed by atoms with van der Waals surface area (Å²) in [7, 11) is 1.84. The third-order valence-corrected chi connectivity index (χ3v) is 7.68. The summed E-state index contributed by atoms with van der Waals surface area (Å²) in [5, 5.41) is 7.32. The second kappa shape index (κ2) is 9.60. The highest BCUT2D eigenvalue weighted by Gasteiger charge is 2.28. The molecule has 0 radical (unpaired) electrons. The van der Waals surface area contributed by atoms with Gasteiger partial charge in [-0.1, -0.05) is 36.4 Å². The fourth-order valence-corrected chi connectivity index (χ4v) is 5.74. The number of carbonyl (C=O) groups is 2. The lowest BCUT2D eigenvalue weighted by Gasteiger charge is -2.22. The monoisotopic (exact) mass is 520 g/mol. The Morgan fingerprint density at radius 3 is 2.61 bits per heavy atom. The molecule has 9 heteroatoms. The standard InChI is InChI=1S/C29H24N6O2S/c1-34-15-14-23(33-34)22-10-6-11-24(31-22)29(37)35-16-13-18-17-26(28(36)32-21-9-4-3-8-20(21)30)38-27(18)19-7-2-5-12-25(19)35/h2-12,14-15,17H,13,16,30H2,1H3,(H,32,36). The quantitative estimate of drug-likeness (QED) is 0.315. The summed E-state index contributed by atoms with van der Waals surface area (Å²) in [5.74, 6) is -0.384. The molecule has 188 valence electrons. The molecule has 0 aliphatic carbocycles. The molecule has 0 saturated heterocycles. The van der Waals surface area contributed by atoms with Gasteiger partial charge in [-0.3, -0.25) is 14.3 Å². The zero-order chi connectivity index (χ0) is 26.2. The van der Waals surface area contributed by atoms with E-state index in [1.807, 2.05) is 73.9 Å². The van der Waals surface area contributed by atoms with E-state index in [1.54, 1.807) is 27.8 Å². The van der Waals surface area contributed by atoms with E-state index in [-0.39, 0.29) is 11.8 Å². The van der Waals surface area contributed by atoms with Crippen LogP contribution in [-0.4, -0.2) is 33.1 Å². The number of nitrogens with zero attached hydrogens (tertiary/aromatic N) is 4. The zero-order valence-electron chi connectivity index (χ0n) is 20.6. The van der Waals surface area contributed by atoms with E-state index in [9.17, 15) is 9.59 Å². The Hall–Kier alpha value is -4.76. The van der Waals surface area contributed by atoms with Gasteiger partial charge in [0.1, 0.15) is 11.4 Å². The predicted octanol–water partition coefficient (Wildman–Crippen LogP) is 5.25. The molecule has 0 atom stereocenters. The number of nitrogen functional groups attached to an aromatic ring is 1. The molecule has 3 N–H and O–H groups in total. The van der Waals surface area contributed by atoms with E-state index in [1.165, 1.54) is 11.3 Å². The van der Waals surface area contributed by atoms with E-state index in [2.05, 4.69) is 15.4 Å². The van der Waals surface area contributed by atoms with Gasteiger partial charge in [-0.2, -0.15) is 5.10 Å². The number of nitrogens with two attached hydrogens (primary N) is 1. The van der Waals surface area contributed by atoms with E-state index < -0.39 is 0 Å². The Kier molecular flexibility index (Phi) is 5.97. The number of aromatic nitrogens is 3. The van der Waals surface area contributed by atoms with Crippen molar-refractivity contribution in [1.82, 2.24) is 14.8 Å². The maximum Gasteiger partial charge on any atom is 0.276 e. The predicted molar refractivity (Wildman–Crippen MR) is 150 cm³/mol. The number of pyridine rings is 1. The Morgan fingerprint density at radius 2 is 1.79 bits per heavy atom. The van der Waals surface area contributed by atoms with Crippen molar-refractivity contribution >= 4 is 40.2 Å². The first-order valence-electron chi connectivity index (χ1n) is 12.1. The lowest BCUT2D eigenvalue weighted by molar-refractivity contribution is 0.0981. The summed E-state index contributed by atoms with van der Waals surface area (Å²) in [6, 6.07) is 24.2. The number of para-hydroxylation sites is 3. The number of hydrogen-bond donors (Lipinski definition) is 2. The molecule has 1 aliphatic heterocycles. The van der Waals surface area contributed by atoms with Gasteiger partial charge in [-0.25, -0.2) is 4.98 Å². The molecule has 0 spiro atoms. The number of carbonyl (C=O) groups excluding carboxylic acids is 2. The Labute approximate surface area is 223 Å². The van der Waals surface area contributed by atoms with Gasteiger partial charge >= 0.3 is 0 Å². The number of aryl methyl sites for hydroxylation is 1. The fraction of sp³-hybridized carbons (Fsp3) is 0.103. The van der Waals surface area contributed by atoms with Crippen LogP contribution >= 0.6 is 11.3 Å². The van der Waals surface area contributed by atoms with Crippen LogP contribution in [0, 0.1) is 0 Å². The SMILES string of the molecule is Cn1ccc(-c2cccc(C(=O)N3CCc4cc(C(=O)Nc5ccccc5N)sc4-c4ccccc43)n2)n1. The molecule has 0 unspecified atom stereocenters. The van der Waals surface area contributed by atoms with Crippen LogP contribution < -0.4 is 16.0 Å².